The largest absolute Gasteiger partial charge is 0.298 e. The van der Waals surface area contributed by atoms with Crippen molar-refractivity contribution in [2.24, 2.45) is 0 Å². The molecule has 1 saturated heterocycles. The molecule has 18 heavy (non-hydrogen) atoms. The number of aryl methyl sites for hydroxylation is 1. The van der Waals surface area contributed by atoms with Gasteiger partial charge in [0.2, 0.25) is 0 Å². The number of hydrogen-bond acceptors (Lipinski definition) is 4. The molecule has 0 aromatic carbocycles. The van der Waals surface area contributed by atoms with Crippen LogP contribution in [0.25, 0.3) is 0 Å². The number of aromatic amines is 1. The molecule has 0 bridgehead atoms. The van der Waals surface area contributed by atoms with E-state index in [0.717, 1.165) is 6.54 Å². The van der Waals surface area contributed by atoms with Crippen molar-refractivity contribution in [3.8, 4) is 0 Å². The molecule has 0 saturated carbocycles. The van der Waals surface area contributed by atoms with Gasteiger partial charge in [0.25, 0.3) is 0 Å². The third-order valence-corrected chi connectivity index (χ3v) is 4.52. The molecular formula is C13H18N4S. The standard InChI is InChI=1S/C13H18N4S/c1-10-14-8-13(18-10)9-17-4-2-11(3-5-17)12-6-15-16-7-12/h6-8,11H,2-5,9H2,1H3,(H,15,16). The van der Waals surface area contributed by atoms with Crippen LogP contribution in [0.4, 0.5) is 0 Å². The van der Waals surface area contributed by atoms with Crippen molar-refractivity contribution < 1.29 is 0 Å². The Hall–Kier alpha value is -1.20. The Bertz CT molecular complexity index is 483. The molecule has 1 N–H and O–H groups in total. The minimum Gasteiger partial charge on any atom is -0.298 e. The van der Waals surface area contributed by atoms with Crippen molar-refractivity contribution in [2.45, 2.75) is 32.2 Å². The van der Waals surface area contributed by atoms with E-state index in [1.54, 1.807) is 0 Å². The number of nitrogens with one attached hydrogen (secondary N) is 1. The fourth-order valence-corrected chi connectivity index (χ4v) is 3.44. The molecule has 0 aliphatic carbocycles. The van der Waals surface area contributed by atoms with Gasteiger partial charge in [-0.1, -0.05) is 0 Å². The Morgan fingerprint density at radius 3 is 2.83 bits per heavy atom. The van der Waals surface area contributed by atoms with Crippen molar-refractivity contribution in [2.75, 3.05) is 13.1 Å². The highest BCUT2D eigenvalue weighted by Crippen LogP contribution is 2.28. The Balaban J connectivity index is 1.54. The van der Waals surface area contributed by atoms with Gasteiger partial charge in [-0.05, 0) is 44.3 Å². The van der Waals surface area contributed by atoms with Crippen LogP contribution < -0.4 is 0 Å². The summed E-state index contributed by atoms with van der Waals surface area (Å²) in [5.74, 6) is 0.684. The average Bonchev–Trinajstić information content (AvgIpc) is 3.02. The lowest BCUT2D eigenvalue weighted by Crippen LogP contribution is -2.32. The van der Waals surface area contributed by atoms with E-state index in [2.05, 4.69) is 27.0 Å². The van der Waals surface area contributed by atoms with Crippen LogP contribution in [-0.4, -0.2) is 33.2 Å². The van der Waals surface area contributed by atoms with Gasteiger partial charge in [-0.15, -0.1) is 11.3 Å². The molecule has 0 amide bonds. The lowest BCUT2D eigenvalue weighted by Gasteiger charge is -2.31. The summed E-state index contributed by atoms with van der Waals surface area (Å²) in [5.41, 5.74) is 1.36. The zero-order valence-electron chi connectivity index (χ0n) is 10.6. The lowest BCUT2D eigenvalue weighted by atomic mass is 9.91. The number of aromatic nitrogens is 3. The molecule has 1 aliphatic rings. The van der Waals surface area contributed by atoms with Crippen molar-refractivity contribution in [1.82, 2.24) is 20.1 Å². The summed E-state index contributed by atoms with van der Waals surface area (Å²) >= 11 is 1.81. The second-order valence-corrected chi connectivity index (χ2v) is 6.25. The Labute approximate surface area is 111 Å². The van der Waals surface area contributed by atoms with Crippen LogP contribution in [0, 0.1) is 6.92 Å². The summed E-state index contributed by atoms with van der Waals surface area (Å²) in [7, 11) is 0. The summed E-state index contributed by atoms with van der Waals surface area (Å²) in [6, 6.07) is 0. The second-order valence-electron chi connectivity index (χ2n) is 4.93. The van der Waals surface area contributed by atoms with Crippen molar-refractivity contribution in [3.63, 3.8) is 0 Å². The topological polar surface area (TPSA) is 44.8 Å². The van der Waals surface area contributed by atoms with Gasteiger partial charge in [0.15, 0.2) is 0 Å². The molecule has 5 heteroatoms. The zero-order chi connectivity index (χ0) is 12.4. The van der Waals surface area contributed by atoms with Crippen molar-refractivity contribution in [3.05, 3.63) is 34.0 Å². The fourth-order valence-electron chi connectivity index (χ4n) is 2.61. The molecule has 0 unspecified atom stereocenters. The highest BCUT2D eigenvalue weighted by atomic mass is 32.1. The first-order valence-electron chi connectivity index (χ1n) is 6.43. The Morgan fingerprint density at radius 2 is 2.22 bits per heavy atom. The molecule has 1 aliphatic heterocycles. The van der Waals surface area contributed by atoms with Crippen LogP contribution in [0.2, 0.25) is 0 Å². The third kappa shape index (κ3) is 2.62. The second kappa shape index (κ2) is 5.20. The molecular weight excluding hydrogens is 244 g/mol. The maximum atomic E-state index is 4.32. The Kier molecular flexibility index (Phi) is 3.43. The molecule has 0 spiro atoms. The Morgan fingerprint density at radius 1 is 1.39 bits per heavy atom. The van der Waals surface area contributed by atoms with Crippen LogP contribution in [0.3, 0.4) is 0 Å². The molecule has 1 fully saturated rings. The molecule has 0 radical (unpaired) electrons. The molecule has 3 heterocycles. The number of hydrogen-bond donors (Lipinski definition) is 1. The van der Waals surface area contributed by atoms with Crippen molar-refractivity contribution >= 4 is 11.3 Å². The molecule has 2 aromatic heterocycles. The molecule has 96 valence electrons. The smallest absolute Gasteiger partial charge is 0.0897 e. The highest BCUT2D eigenvalue weighted by molar-refractivity contribution is 7.11. The highest BCUT2D eigenvalue weighted by Gasteiger charge is 2.21. The SMILES string of the molecule is Cc1ncc(CN2CCC(c3cn[nH]c3)CC2)s1. The number of thiazole rings is 1. The first-order chi connectivity index (χ1) is 8.81. The van der Waals surface area contributed by atoms with Gasteiger partial charge in [0.1, 0.15) is 0 Å². The number of rotatable bonds is 3. The van der Waals surface area contributed by atoms with Gasteiger partial charge in [0.05, 0.1) is 11.2 Å². The van der Waals surface area contributed by atoms with Crippen LogP contribution in [0.15, 0.2) is 18.6 Å². The van der Waals surface area contributed by atoms with Crippen LogP contribution in [0.1, 0.15) is 34.2 Å². The van der Waals surface area contributed by atoms with Gasteiger partial charge >= 0.3 is 0 Å². The fraction of sp³-hybridized carbons (Fsp3) is 0.538. The quantitative estimate of drug-likeness (QED) is 0.924. The average molecular weight is 262 g/mol. The van der Waals surface area contributed by atoms with Gasteiger partial charge < -0.3 is 0 Å². The molecule has 0 atom stereocenters. The number of H-pyrrole nitrogens is 1. The predicted octanol–water partition coefficient (Wildman–Crippen LogP) is 2.55. The van der Waals surface area contributed by atoms with E-state index >= 15 is 0 Å². The maximum absolute atomic E-state index is 4.32. The van der Waals surface area contributed by atoms with Crippen LogP contribution >= 0.6 is 11.3 Å². The van der Waals surface area contributed by atoms with E-state index in [0.29, 0.717) is 5.92 Å². The van der Waals surface area contributed by atoms with Gasteiger partial charge in [-0.3, -0.25) is 10.00 Å². The predicted molar refractivity (Wildman–Crippen MR) is 72.7 cm³/mol. The number of likely N-dealkylation sites (tertiary alicyclic amines) is 1. The van der Waals surface area contributed by atoms with E-state index in [9.17, 15) is 0 Å². The first-order valence-corrected chi connectivity index (χ1v) is 7.25. The number of nitrogens with zero attached hydrogens (tertiary/aromatic N) is 3. The molecule has 3 rings (SSSR count). The molecule has 4 nitrogen and oxygen atoms in total. The number of piperidine rings is 1. The van der Waals surface area contributed by atoms with Gasteiger partial charge in [0, 0.05) is 23.8 Å². The summed E-state index contributed by atoms with van der Waals surface area (Å²) in [4.78, 5) is 8.23. The lowest BCUT2D eigenvalue weighted by molar-refractivity contribution is 0.206. The summed E-state index contributed by atoms with van der Waals surface area (Å²) in [5, 5.41) is 8.12. The van der Waals surface area contributed by atoms with E-state index in [-0.39, 0.29) is 0 Å². The minimum absolute atomic E-state index is 0.684. The van der Waals surface area contributed by atoms with E-state index in [4.69, 9.17) is 0 Å². The summed E-state index contributed by atoms with van der Waals surface area (Å²) in [6.45, 7) is 5.47. The van der Waals surface area contributed by atoms with E-state index < -0.39 is 0 Å². The third-order valence-electron chi connectivity index (χ3n) is 3.63. The zero-order valence-corrected chi connectivity index (χ0v) is 11.4. The normalized spacial score (nSPS) is 18.3. The molecule has 2 aromatic rings. The van der Waals surface area contributed by atoms with E-state index in [1.807, 2.05) is 29.9 Å². The summed E-state index contributed by atoms with van der Waals surface area (Å²) in [6.07, 6.45) is 8.48. The van der Waals surface area contributed by atoms with Gasteiger partial charge in [-0.2, -0.15) is 5.10 Å². The van der Waals surface area contributed by atoms with Crippen LogP contribution in [-0.2, 0) is 6.54 Å². The van der Waals surface area contributed by atoms with Crippen molar-refractivity contribution in [1.29, 1.82) is 0 Å². The van der Waals surface area contributed by atoms with Crippen LogP contribution in [0.5, 0.6) is 0 Å². The first kappa shape index (κ1) is 11.9. The monoisotopic (exact) mass is 262 g/mol. The minimum atomic E-state index is 0.684. The maximum Gasteiger partial charge on any atom is 0.0897 e. The van der Waals surface area contributed by atoms with E-state index in [1.165, 1.54) is 41.4 Å². The summed E-state index contributed by atoms with van der Waals surface area (Å²) < 4.78 is 0. The van der Waals surface area contributed by atoms with Gasteiger partial charge in [-0.25, -0.2) is 4.98 Å².